The van der Waals surface area contributed by atoms with Gasteiger partial charge in [0.05, 0.1) is 16.2 Å². The van der Waals surface area contributed by atoms with Crippen LogP contribution in [0.3, 0.4) is 0 Å². The molecule has 3 aromatic rings. The molecular weight excluding hydrogens is 440 g/mol. The van der Waals surface area contributed by atoms with Gasteiger partial charge in [0.2, 0.25) is 0 Å². The molecule has 2 heterocycles. The van der Waals surface area contributed by atoms with Crippen molar-refractivity contribution in [1.29, 1.82) is 0 Å². The molecule has 1 aliphatic heterocycles. The van der Waals surface area contributed by atoms with Gasteiger partial charge in [0.15, 0.2) is 0 Å². The topological polar surface area (TPSA) is 45.4 Å². The smallest absolute Gasteiger partial charge is 0.0730 e. The van der Waals surface area contributed by atoms with Gasteiger partial charge in [0.1, 0.15) is 0 Å². The lowest BCUT2D eigenvalue weighted by Crippen LogP contribution is -2.43. The summed E-state index contributed by atoms with van der Waals surface area (Å²) in [4.78, 5) is 9.53. The number of hydrogen-bond donors (Lipinski definition) is 1. The van der Waals surface area contributed by atoms with Gasteiger partial charge in [-0.15, -0.1) is 0 Å². The largest absolute Gasteiger partial charge is 0.373 e. The van der Waals surface area contributed by atoms with E-state index in [1.165, 1.54) is 51.1 Å². The first-order chi connectivity index (χ1) is 16.4. The number of pyridine rings is 1. The van der Waals surface area contributed by atoms with E-state index in [0.29, 0.717) is 11.6 Å². The van der Waals surface area contributed by atoms with Crippen molar-refractivity contribution >= 4 is 28.6 Å². The highest BCUT2D eigenvalue weighted by atomic mass is 35.5. The lowest BCUT2D eigenvalue weighted by Gasteiger charge is -2.35. The number of halogens is 1. The first kappa shape index (κ1) is 26.0. The Labute approximate surface area is 209 Å². The van der Waals surface area contributed by atoms with Crippen LogP contribution in [-0.4, -0.2) is 48.0 Å². The highest BCUT2D eigenvalue weighted by Gasteiger charge is 2.14. The number of rotatable bonds is 7. The maximum atomic E-state index is 6.38. The zero-order valence-electron chi connectivity index (χ0n) is 20.6. The molecule has 0 atom stereocenters. The van der Waals surface area contributed by atoms with Crippen molar-refractivity contribution in [1.82, 2.24) is 14.8 Å². The summed E-state index contributed by atoms with van der Waals surface area (Å²) in [6.45, 7) is 15.4. The molecule has 4 rings (SSSR count). The number of unbranched alkanes of at least 4 members (excludes halogenated alkanes) is 1. The fourth-order valence-corrected chi connectivity index (χ4v) is 4.21. The molecule has 180 valence electrons. The average Bonchev–Trinajstić information content (AvgIpc) is 2.87. The predicted molar refractivity (Wildman–Crippen MR) is 148 cm³/mol. The van der Waals surface area contributed by atoms with Gasteiger partial charge in [-0.1, -0.05) is 80.6 Å². The van der Waals surface area contributed by atoms with Crippen LogP contribution in [0.5, 0.6) is 0 Å². The third-order valence-corrected chi connectivity index (χ3v) is 6.59. The number of aromatic nitrogens is 1. The Morgan fingerprint density at radius 1 is 1.09 bits per heavy atom. The van der Waals surface area contributed by atoms with Gasteiger partial charge in [0.25, 0.3) is 0 Å². The standard InChI is InChI=1S/C18H15ClN2.C11H22N2/c1-2-12-5-8-15-16(19)10-17(21-18(15)9-12)14-6-3-13(11-20)4-7-14;1-4-5-6-11(2)13-9-7-12(3)8-10-13/h2-10H,1,11,20H2;2,4-10H2,1,3H3. The van der Waals surface area contributed by atoms with Crippen LogP contribution in [0.1, 0.15) is 37.3 Å². The zero-order chi connectivity index (χ0) is 24.5. The van der Waals surface area contributed by atoms with Crippen LogP contribution in [0.2, 0.25) is 5.02 Å². The number of likely N-dealkylation sites (N-methyl/N-ethyl adjacent to an activating group) is 1. The van der Waals surface area contributed by atoms with E-state index in [1.54, 1.807) is 6.08 Å². The number of fused-ring (bicyclic) bond motifs is 1. The minimum atomic E-state index is 0.537. The first-order valence-corrected chi connectivity index (χ1v) is 12.5. The van der Waals surface area contributed by atoms with Crippen molar-refractivity contribution in [2.45, 2.75) is 32.7 Å². The van der Waals surface area contributed by atoms with Gasteiger partial charge in [-0.25, -0.2) is 4.98 Å². The summed E-state index contributed by atoms with van der Waals surface area (Å²) >= 11 is 6.38. The Hall–Kier alpha value is -2.66. The molecule has 2 N–H and O–H groups in total. The highest BCUT2D eigenvalue weighted by Crippen LogP contribution is 2.29. The Bertz CT molecular complexity index is 1100. The molecule has 4 nitrogen and oxygen atoms in total. The molecule has 2 aromatic carbocycles. The summed E-state index contributed by atoms with van der Waals surface area (Å²) in [5.74, 6) is 0. The van der Waals surface area contributed by atoms with E-state index >= 15 is 0 Å². The van der Waals surface area contributed by atoms with E-state index in [-0.39, 0.29) is 0 Å². The van der Waals surface area contributed by atoms with Crippen LogP contribution in [0.25, 0.3) is 28.2 Å². The van der Waals surface area contributed by atoms with Crippen molar-refractivity contribution in [2.75, 3.05) is 33.2 Å². The quantitative estimate of drug-likeness (QED) is 0.417. The summed E-state index contributed by atoms with van der Waals surface area (Å²) in [5.41, 5.74) is 11.9. The molecule has 1 fully saturated rings. The van der Waals surface area contributed by atoms with E-state index in [1.807, 2.05) is 48.5 Å². The van der Waals surface area contributed by atoms with E-state index in [4.69, 9.17) is 22.3 Å². The molecule has 0 spiro atoms. The fourth-order valence-electron chi connectivity index (χ4n) is 3.95. The van der Waals surface area contributed by atoms with Crippen molar-refractivity contribution in [3.8, 4) is 11.3 Å². The number of allylic oxidation sites excluding steroid dienone is 1. The van der Waals surface area contributed by atoms with Crippen LogP contribution < -0.4 is 5.73 Å². The Kier molecular flexibility index (Phi) is 9.70. The van der Waals surface area contributed by atoms with Crippen LogP contribution >= 0.6 is 11.6 Å². The molecule has 34 heavy (non-hydrogen) atoms. The third kappa shape index (κ3) is 6.92. The number of nitrogens with zero attached hydrogens (tertiary/aromatic N) is 3. The first-order valence-electron chi connectivity index (χ1n) is 12.1. The second kappa shape index (κ2) is 12.7. The molecule has 0 bridgehead atoms. The van der Waals surface area contributed by atoms with Crippen molar-refractivity contribution in [3.63, 3.8) is 0 Å². The summed E-state index contributed by atoms with van der Waals surface area (Å²) in [6, 6.07) is 15.9. The summed E-state index contributed by atoms with van der Waals surface area (Å²) in [7, 11) is 2.19. The molecule has 0 aliphatic carbocycles. The molecule has 1 aromatic heterocycles. The SMILES string of the molecule is C=C(CCCC)N1CCN(C)CC1.C=Cc1ccc2c(Cl)cc(-c3ccc(CN)cc3)nc2c1. The fraction of sp³-hybridized carbons (Fsp3) is 0.345. The van der Waals surface area contributed by atoms with Crippen LogP contribution in [0.4, 0.5) is 0 Å². The van der Waals surface area contributed by atoms with Gasteiger partial charge in [-0.2, -0.15) is 0 Å². The summed E-state index contributed by atoms with van der Waals surface area (Å²) in [6.07, 6.45) is 5.54. The molecule has 0 radical (unpaired) electrons. The third-order valence-electron chi connectivity index (χ3n) is 6.27. The highest BCUT2D eigenvalue weighted by molar-refractivity contribution is 6.35. The number of hydrogen-bond acceptors (Lipinski definition) is 4. The van der Waals surface area contributed by atoms with E-state index in [0.717, 1.165) is 33.3 Å². The molecule has 5 heteroatoms. The lowest BCUT2D eigenvalue weighted by atomic mass is 10.1. The van der Waals surface area contributed by atoms with Crippen molar-refractivity contribution < 1.29 is 0 Å². The van der Waals surface area contributed by atoms with Gasteiger partial charge >= 0.3 is 0 Å². The molecule has 1 aliphatic rings. The second-order valence-electron chi connectivity index (χ2n) is 8.83. The molecule has 0 unspecified atom stereocenters. The Morgan fingerprint density at radius 2 is 1.79 bits per heavy atom. The van der Waals surface area contributed by atoms with Gasteiger partial charge in [-0.3, -0.25) is 0 Å². The lowest BCUT2D eigenvalue weighted by molar-refractivity contribution is 0.182. The van der Waals surface area contributed by atoms with E-state index in [9.17, 15) is 0 Å². The van der Waals surface area contributed by atoms with Crippen LogP contribution in [0, 0.1) is 0 Å². The maximum absolute atomic E-state index is 6.38. The molecular formula is C29H37ClN4. The summed E-state index contributed by atoms with van der Waals surface area (Å²) < 4.78 is 0. The number of benzene rings is 2. The van der Waals surface area contributed by atoms with E-state index < -0.39 is 0 Å². The van der Waals surface area contributed by atoms with E-state index in [2.05, 4.69) is 36.9 Å². The Morgan fingerprint density at radius 3 is 2.41 bits per heavy atom. The van der Waals surface area contributed by atoms with Crippen molar-refractivity contribution in [3.05, 3.63) is 83.5 Å². The molecule has 0 saturated carbocycles. The van der Waals surface area contributed by atoms with Crippen LogP contribution in [-0.2, 0) is 6.54 Å². The minimum Gasteiger partial charge on any atom is -0.373 e. The monoisotopic (exact) mass is 476 g/mol. The maximum Gasteiger partial charge on any atom is 0.0730 e. The van der Waals surface area contributed by atoms with Crippen molar-refractivity contribution in [2.24, 2.45) is 5.73 Å². The molecule has 0 amide bonds. The normalized spacial score (nSPS) is 13.9. The second-order valence-corrected chi connectivity index (χ2v) is 9.24. The Balaban J connectivity index is 0.000000215. The molecule has 1 saturated heterocycles. The average molecular weight is 477 g/mol. The van der Waals surface area contributed by atoms with Gasteiger partial charge < -0.3 is 15.5 Å². The summed E-state index contributed by atoms with van der Waals surface area (Å²) in [5, 5.41) is 1.65. The van der Waals surface area contributed by atoms with Gasteiger partial charge in [-0.05, 0) is 43.1 Å². The van der Waals surface area contributed by atoms with Crippen LogP contribution in [0.15, 0.2) is 67.4 Å². The number of nitrogens with two attached hydrogens (primary N) is 1. The van der Waals surface area contributed by atoms with Gasteiger partial charge in [0, 0.05) is 49.4 Å². The predicted octanol–water partition coefficient (Wildman–Crippen LogP) is 6.59. The zero-order valence-corrected chi connectivity index (χ0v) is 21.3. The number of piperazine rings is 1. The minimum absolute atomic E-state index is 0.537.